The summed E-state index contributed by atoms with van der Waals surface area (Å²) in [6, 6.07) is 6.03. The molecule has 15 heavy (non-hydrogen) atoms. The molecule has 0 atom stereocenters. The smallest absolute Gasteiger partial charge is 0.112 e. The van der Waals surface area contributed by atoms with Crippen LogP contribution in [0, 0.1) is 6.92 Å². The Balaban J connectivity index is 2.50. The van der Waals surface area contributed by atoms with E-state index in [0.717, 1.165) is 29.2 Å². The molecule has 0 unspecified atom stereocenters. The number of nitrogens with two attached hydrogens (primary N) is 1. The third-order valence-corrected chi connectivity index (χ3v) is 2.57. The van der Waals surface area contributed by atoms with Gasteiger partial charge in [-0.3, -0.25) is 0 Å². The van der Waals surface area contributed by atoms with E-state index in [4.69, 9.17) is 5.73 Å². The first kappa shape index (κ1) is 9.77. The molecular formula is C12H15N3. The van der Waals surface area contributed by atoms with Gasteiger partial charge in [-0.1, -0.05) is 6.92 Å². The minimum absolute atomic E-state index is 0.830. The molecule has 2 N–H and O–H groups in total. The first-order valence-corrected chi connectivity index (χ1v) is 5.11. The highest BCUT2D eigenvalue weighted by Gasteiger charge is 2.03. The number of benzene rings is 1. The van der Waals surface area contributed by atoms with E-state index in [0.29, 0.717) is 0 Å². The van der Waals surface area contributed by atoms with Gasteiger partial charge < -0.3 is 10.3 Å². The summed E-state index contributed by atoms with van der Waals surface area (Å²) in [5.74, 6) is 1.07. The van der Waals surface area contributed by atoms with E-state index in [9.17, 15) is 0 Å². The summed E-state index contributed by atoms with van der Waals surface area (Å²) in [5, 5.41) is 0. The van der Waals surface area contributed by atoms with Crippen LogP contribution in [-0.4, -0.2) is 9.55 Å². The van der Waals surface area contributed by atoms with Crippen LogP contribution >= 0.6 is 0 Å². The third-order valence-electron chi connectivity index (χ3n) is 2.57. The van der Waals surface area contributed by atoms with Crippen molar-refractivity contribution in [1.29, 1.82) is 0 Å². The molecule has 3 heteroatoms. The van der Waals surface area contributed by atoms with Crippen molar-refractivity contribution in [3.05, 3.63) is 42.0 Å². The number of anilines is 1. The Morgan fingerprint density at radius 2 is 2.20 bits per heavy atom. The number of rotatable bonds is 2. The van der Waals surface area contributed by atoms with Crippen LogP contribution in [0.1, 0.15) is 18.3 Å². The van der Waals surface area contributed by atoms with Gasteiger partial charge in [-0.2, -0.15) is 0 Å². The van der Waals surface area contributed by atoms with E-state index in [2.05, 4.69) is 22.5 Å². The Labute approximate surface area is 89.6 Å². The molecule has 1 aromatic carbocycles. The number of nitrogens with zero attached hydrogens (tertiary/aromatic N) is 2. The molecule has 2 rings (SSSR count). The summed E-state index contributed by atoms with van der Waals surface area (Å²) in [7, 11) is 0. The van der Waals surface area contributed by atoms with Crippen molar-refractivity contribution in [3.8, 4) is 5.69 Å². The summed E-state index contributed by atoms with van der Waals surface area (Å²) in [6.07, 6.45) is 4.73. The molecular weight excluding hydrogens is 186 g/mol. The SMILES string of the molecule is CCc1nccn1-c1ccc(N)c(C)c1. The molecule has 78 valence electrons. The maximum absolute atomic E-state index is 5.79. The van der Waals surface area contributed by atoms with Gasteiger partial charge in [0.05, 0.1) is 0 Å². The van der Waals surface area contributed by atoms with Crippen molar-refractivity contribution in [2.75, 3.05) is 5.73 Å². The van der Waals surface area contributed by atoms with Crippen LogP contribution in [0.2, 0.25) is 0 Å². The highest BCUT2D eigenvalue weighted by Crippen LogP contribution is 2.17. The normalized spacial score (nSPS) is 10.5. The third kappa shape index (κ3) is 1.73. The van der Waals surface area contributed by atoms with Gasteiger partial charge >= 0.3 is 0 Å². The predicted molar refractivity (Wildman–Crippen MR) is 62.1 cm³/mol. The van der Waals surface area contributed by atoms with E-state index in [-0.39, 0.29) is 0 Å². The molecule has 0 saturated carbocycles. The lowest BCUT2D eigenvalue weighted by Gasteiger charge is -2.08. The number of aromatic nitrogens is 2. The fraction of sp³-hybridized carbons (Fsp3) is 0.250. The summed E-state index contributed by atoms with van der Waals surface area (Å²) in [5.41, 5.74) is 8.84. The average molecular weight is 201 g/mol. The molecule has 0 spiro atoms. The number of hydrogen-bond acceptors (Lipinski definition) is 2. The van der Waals surface area contributed by atoms with Crippen molar-refractivity contribution in [3.63, 3.8) is 0 Å². The number of nitrogen functional groups attached to an aromatic ring is 1. The summed E-state index contributed by atoms with van der Waals surface area (Å²) in [6.45, 7) is 4.12. The highest BCUT2D eigenvalue weighted by molar-refractivity contribution is 5.52. The molecule has 1 aromatic heterocycles. The molecule has 3 nitrogen and oxygen atoms in total. The molecule has 0 saturated heterocycles. The van der Waals surface area contributed by atoms with Gasteiger partial charge in [0.15, 0.2) is 0 Å². The van der Waals surface area contributed by atoms with Gasteiger partial charge in [0, 0.05) is 30.2 Å². The molecule has 0 bridgehead atoms. The topological polar surface area (TPSA) is 43.8 Å². The maximum Gasteiger partial charge on any atom is 0.112 e. The highest BCUT2D eigenvalue weighted by atomic mass is 15.1. The molecule has 0 radical (unpaired) electrons. The zero-order valence-electron chi connectivity index (χ0n) is 9.07. The minimum atomic E-state index is 0.830. The van der Waals surface area contributed by atoms with E-state index >= 15 is 0 Å². The monoisotopic (exact) mass is 201 g/mol. The fourth-order valence-electron chi connectivity index (χ4n) is 1.64. The zero-order valence-corrected chi connectivity index (χ0v) is 9.07. The van der Waals surface area contributed by atoms with Crippen LogP contribution in [0.4, 0.5) is 5.69 Å². The molecule has 0 aliphatic heterocycles. The first-order valence-electron chi connectivity index (χ1n) is 5.11. The Bertz CT molecular complexity index is 471. The van der Waals surface area contributed by atoms with Crippen molar-refractivity contribution in [2.45, 2.75) is 20.3 Å². The van der Waals surface area contributed by atoms with Crippen LogP contribution in [-0.2, 0) is 6.42 Å². The van der Waals surface area contributed by atoms with Gasteiger partial charge in [0.2, 0.25) is 0 Å². The fourth-order valence-corrected chi connectivity index (χ4v) is 1.64. The van der Waals surface area contributed by atoms with Crippen LogP contribution in [0.3, 0.4) is 0 Å². The van der Waals surface area contributed by atoms with Crippen molar-refractivity contribution >= 4 is 5.69 Å². The van der Waals surface area contributed by atoms with Crippen molar-refractivity contribution in [2.24, 2.45) is 0 Å². The first-order chi connectivity index (χ1) is 7.22. The lowest BCUT2D eigenvalue weighted by Crippen LogP contribution is -2.00. The lowest BCUT2D eigenvalue weighted by molar-refractivity contribution is 0.890. The Hall–Kier alpha value is -1.77. The zero-order chi connectivity index (χ0) is 10.8. The van der Waals surface area contributed by atoms with Crippen LogP contribution in [0.5, 0.6) is 0 Å². The van der Waals surface area contributed by atoms with E-state index < -0.39 is 0 Å². The van der Waals surface area contributed by atoms with Crippen molar-refractivity contribution < 1.29 is 0 Å². The van der Waals surface area contributed by atoms with Crippen molar-refractivity contribution in [1.82, 2.24) is 9.55 Å². The second-order valence-electron chi connectivity index (χ2n) is 3.61. The Morgan fingerprint density at radius 3 is 2.87 bits per heavy atom. The second kappa shape index (κ2) is 3.77. The molecule has 2 aromatic rings. The van der Waals surface area contributed by atoms with Crippen LogP contribution in [0.15, 0.2) is 30.6 Å². The van der Waals surface area contributed by atoms with E-state index in [1.807, 2.05) is 31.5 Å². The van der Waals surface area contributed by atoms with Gasteiger partial charge in [0.25, 0.3) is 0 Å². The quantitative estimate of drug-likeness (QED) is 0.758. The molecule has 1 heterocycles. The molecule has 0 aliphatic carbocycles. The van der Waals surface area contributed by atoms with Gasteiger partial charge in [-0.25, -0.2) is 4.98 Å². The summed E-state index contributed by atoms with van der Waals surface area (Å²) >= 11 is 0. The van der Waals surface area contributed by atoms with Gasteiger partial charge in [0.1, 0.15) is 5.82 Å². The number of aryl methyl sites for hydroxylation is 2. The van der Waals surface area contributed by atoms with Crippen LogP contribution < -0.4 is 5.73 Å². The largest absolute Gasteiger partial charge is 0.399 e. The predicted octanol–water partition coefficient (Wildman–Crippen LogP) is 2.33. The van der Waals surface area contributed by atoms with Crippen LogP contribution in [0.25, 0.3) is 5.69 Å². The van der Waals surface area contributed by atoms with E-state index in [1.54, 1.807) is 0 Å². The maximum atomic E-state index is 5.79. The molecule has 0 amide bonds. The lowest BCUT2D eigenvalue weighted by atomic mass is 10.2. The van der Waals surface area contributed by atoms with Gasteiger partial charge in [-0.05, 0) is 30.7 Å². The summed E-state index contributed by atoms with van der Waals surface area (Å²) < 4.78 is 2.09. The number of hydrogen-bond donors (Lipinski definition) is 1. The number of imidazole rings is 1. The molecule has 0 fully saturated rings. The second-order valence-corrected chi connectivity index (χ2v) is 3.61. The standard InChI is InChI=1S/C12H15N3/c1-3-12-14-6-7-15(12)10-4-5-11(13)9(2)8-10/h4-8H,3,13H2,1-2H3. The minimum Gasteiger partial charge on any atom is -0.399 e. The Kier molecular flexibility index (Phi) is 2.46. The van der Waals surface area contributed by atoms with Gasteiger partial charge in [-0.15, -0.1) is 0 Å². The summed E-state index contributed by atoms with van der Waals surface area (Å²) in [4.78, 5) is 4.29. The Morgan fingerprint density at radius 1 is 1.40 bits per heavy atom. The molecule has 0 aliphatic rings. The average Bonchev–Trinajstić information content (AvgIpc) is 2.70. The van der Waals surface area contributed by atoms with E-state index in [1.165, 1.54) is 0 Å².